The first kappa shape index (κ1) is 12.9. The molecule has 0 fully saturated rings. The molecule has 0 aliphatic heterocycles. The van der Waals surface area contributed by atoms with Gasteiger partial charge in [0.1, 0.15) is 0 Å². The minimum absolute atomic E-state index is 0.259. The molecule has 7 heteroatoms. The molecule has 2 aromatic rings. The van der Waals surface area contributed by atoms with E-state index in [4.69, 9.17) is 5.84 Å². The number of nitrogens with zero attached hydrogens (tertiary/aromatic N) is 3. The van der Waals surface area contributed by atoms with Crippen LogP contribution in [0.25, 0.3) is 0 Å². The zero-order valence-corrected chi connectivity index (χ0v) is 10.6. The number of nitrogens with two attached hydrogens (primary N) is 1. The van der Waals surface area contributed by atoms with E-state index in [0.717, 1.165) is 11.4 Å². The molecule has 2 aromatic heterocycles. The summed E-state index contributed by atoms with van der Waals surface area (Å²) in [6.45, 7) is 3.67. The van der Waals surface area contributed by atoms with Gasteiger partial charge < -0.3 is 5.43 Å². The van der Waals surface area contributed by atoms with E-state index in [0.29, 0.717) is 11.3 Å². The Labute approximate surface area is 110 Å². The van der Waals surface area contributed by atoms with E-state index in [-0.39, 0.29) is 11.9 Å². The number of rotatable bonds is 3. The molecule has 0 aromatic carbocycles. The van der Waals surface area contributed by atoms with Crippen LogP contribution in [-0.2, 0) is 0 Å². The molecule has 0 aliphatic rings. The summed E-state index contributed by atoms with van der Waals surface area (Å²) in [5.74, 6) is 5.23. The van der Waals surface area contributed by atoms with Gasteiger partial charge >= 0.3 is 0 Å². The Kier molecular flexibility index (Phi) is 3.67. The molecule has 98 valence electrons. The lowest BCUT2D eigenvalue weighted by atomic mass is 10.2. The van der Waals surface area contributed by atoms with Crippen LogP contribution in [0.15, 0.2) is 24.5 Å². The van der Waals surface area contributed by atoms with Crippen LogP contribution in [0.3, 0.4) is 0 Å². The van der Waals surface area contributed by atoms with Crippen molar-refractivity contribution >= 4 is 17.5 Å². The maximum atomic E-state index is 12.1. The van der Waals surface area contributed by atoms with Crippen molar-refractivity contribution in [1.29, 1.82) is 0 Å². The molecule has 2 rings (SSSR count). The highest BCUT2D eigenvalue weighted by Gasteiger charge is 2.12. The zero-order valence-electron chi connectivity index (χ0n) is 10.6. The fourth-order valence-corrected chi connectivity index (χ4v) is 1.65. The van der Waals surface area contributed by atoms with Gasteiger partial charge in [-0.2, -0.15) is 0 Å². The van der Waals surface area contributed by atoms with Gasteiger partial charge in [-0.1, -0.05) is 0 Å². The molecule has 2 heterocycles. The number of amides is 1. The summed E-state index contributed by atoms with van der Waals surface area (Å²) in [6, 6.07) is 3.43. The molecular weight excluding hydrogens is 244 g/mol. The average molecular weight is 258 g/mol. The summed E-state index contributed by atoms with van der Waals surface area (Å²) in [5, 5.41) is 2.62. The van der Waals surface area contributed by atoms with E-state index in [1.807, 2.05) is 19.9 Å². The minimum atomic E-state index is -0.369. The molecule has 0 spiro atoms. The average Bonchev–Trinajstić information content (AvgIpc) is 2.37. The monoisotopic (exact) mass is 258 g/mol. The number of anilines is 2. The van der Waals surface area contributed by atoms with Gasteiger partial charge in [0.25, 0.3) is 5.91 Å². The third-order valence-corrected chi connectivity index (χ3v) is 2.43. The highest BCUT2D eigenvalue weighted by molar-refractivity contribution is 6.06. The van der Waals surface area contributed by atoms with Gasteiger partial charge in [0.05, 0.1) is 11.3 Å². The highest BCUT2D eigenvalue weighted by Crippen LogP contribution is 2.13. The Morgan fingerprint density at radius 2 is 1.95 bits per heavy atom. The molecular formula is C12H14N6O. The molecule has 4 N–H and O–H groups in total. The fourth-order valence-electron chi connectivity index (χ4n) is 1.65. The normalized spacial score (nSPS) is 10.1. The molecule has 0 aliphatic carbocycles. The van der Waals surface area contributed by atoms with Crippen molar-refractivity contribution in [2.75, 3.05) is 10.7 Å². The van der Waals surface area contributed by atoms with Gasteiger partial charge in [-0.05, 0) is 26.0 Å². The topological polar surface area (TPSA) is 106 Å². The van der Waals surface area contributed by atoms with Crippen LogP contribution in [0.2, 0.25) is 0 Å². The number of hydrogen-bond acceptors (Lipinski definition) is 6. The number of aryl methyl sites for hydroxylation is 2. The second-order valence-corrected chi connectivity index (χ2v) is 3.99. The first-order valence-corrected chi connectivity index (χ1v) is 5.64. The van der Waals surface area contributed by atoms with Crippen molar-refractivity contribution in [2.24, 2.45) is 5.84 Å². The van der Waals surface area contributed by atoms with Crippen LogP contribution in [0.1, 0.15) is 21.7 Å². The Balaban J connectivity index is 2.25. The quantitative estimate of drug-likeness (QED) is 0.560. The standard InChI is InChI=1S/C12H14N6O/c1-7-5-8(2)16-12(15-7)17-11(19)9-6-14-4-3-10(9)18-13/h3-6H,13H2,1-2H3,(H,14,18)(H,15,16,17,19). The van der Waals surface area contributed by atoms with Crippen molar-refractivity contribution in [3.8, 4) is 0 Å². The number of hydrazine groups is 1. The van der Waals surface area contributed by atoms with Crippen molar-refractivity contribution in [3.63, 3.8) is 0 Å². The number of aromatic nitrogens is 3. The van der Waals surface area contributed by atoms with Gasteiger partial charge in [-0.15, -0.1) is 0 Å². The van der Waals surface area contributed by atoms with Crippen LogP contribution in [-0.4, -0.2) is 20.9 Å². The van der Waals surface area contributed by atoms with E-state index in [2.05, 4.69) is 25.7 Å². The van der Waals surface area contributed by atoms with E-state index in [9.17, 15) is 4.79 Å². The molecule has 0 saturated heterocycles. The minimum Gasteiger partial charge on any atom is -0.323 e. The molecule has 0 unspecified atom stereocenters. The third kappa shape index (κ3) is 3.02. The van der Waals surface area contributed by atoms with Gasteiger partial charge in [0.15, 0.2) is 0 Å². The number of carbonyl (C=O) groups excluding carboxylic acids is 1. The van der Waals surface area contributed by atoms with Crippen LogP contribution in [0, 0.1) is 13.8 Å². The van der Waals surface area contributed by atoms with Gasteiger partial charge in [-0.25, -0.2) is 9.97 Å². The third-order valence-electron chi connectivity index (χ3n) is 2.43. The first-order chi connectivity index (χ1) is 9.10. The highest BCUT2D eigenvalue weighted by atomic mass is 16.1. The molecule has 1 amide bonds. The fraction of sp³-hybridized carbons (Fsp3) is 0.167. The zero-order chi connectivity index (χ0) is 13.8. The van der Waals surface area contributed by atoms with E-state index >= 15 is 0 Å². The molecule has 7 nitrogen and oxygen atoms in total. The van der Waals surface area contributed by atoms with Crippen LogP contribution in [0.4, 0.5) is 11.6 Å². The Hall–Kier alpha value is -2.54. The summed E-state index contributed by atoms with van der Waals surface area (Å²) < 4.78 is 0. The largest absolute Gasteiger partial charge is 0.323 e. The SMILES string of the molecule is Cc1cc(C)nc(NC(=O)c2cnccc2NN)n1. The number of nitrogen functional groups attached to an aromatic ring is 1. The number of pyridine rings is 1. The summed E-state index contributed by atoms with van der Waals surface area (Å²) in [7, 11) is 0. The second-order valence-electron chi connectivity index (χ2n) is 3.99. The van der Waals surface area contributed by atoms with Crippen molar-refractivity contribution < 1.29 is 4.79 Å². The Morgan fingerprint density at radius 3 is 2.58 bits per heavy atom. The van der Waals surface area contributed by atoms with Crippen molar-refractivity contribution in [3.05, 3.63) is 41.5 Å². The molecule has 0 bridgehead atoms. The number of carbonyl (C=O) groups is 1. The molecule has 0 atom stereocenters. The predicted octanol–water partition coefficient (Wildman–Crippen LogP) is 1.03. The lowest BCUT2D eigenvalue weighted by Gasteiger charge is -2.08. The van der Waals surface area contributed by atoms with Crippen molar-refractivity contribution in [1.82, 2.24) is 15.0 Å². The Morgan fingerprint density at radius 1 is 1.26 bits per heavy atom. The van der Waals surface area contributed by atoms with Gasteiger partial charge in [0, 0.05) is 23.8 Å². The van der Waals surface area contributed by atoms with Crippen LogP contribution >= 0.6 is 0 Å². The second kappa shape index (κ2) is 5.40. The van der Waals surface area contributed by atoms with Crippen LogP contribution in [0.5, 0.6) is 0 Å². The van der Waals surface area contributed by atoms with Gasteiger partial charge in [-0.3, -0.25) is 20.9 Å². The maximum Gasteiger partial charge on any atom is 0.261 e. The lowest BCUT2D eigenvalue weighted by molar-refractivity contribution is 0.102. The maximum absolute atomic E-state index is 12.1. The first-order valence-electron chi connectivity index (χ1n) is 5.64. The van der Waals surface area contributed by atoms with Crippen LogP contribution < -0.4 is 16.6 Å². The number of hydrogen-bond donors (Lipinski definition) is 3. The predicted molar refractivity (Wildman–Crippen MR) is 71.5 cm³/mol. The molecule has 0 saturated carbocycles. The summed E-state index contributed by atoms with van der Waals surface area (Å²) in [5.41, 5.74) is 4.82. The van der Waals surface area contributed by atoms with Gasteiger partial charge in [0.2, 0.25) is 5.95 Å². The smallest absolute Gasteiger partial charge is 0.261 e. The van der Waals surface area contributed by atoms with E-state index in [1.54, 1.807) is 12.3 Å². The lowest BCUT2D eigenvalue weighted by Crippen LogP contribution is -2.19. The summed E-state index contributed by atoms with van der Waals surface area (Å²) in [4.78, 5) is 24.3. The molecule has 0 radical (unpaired) electrons. The summed E-state index contributed by atoms with van der Waals surface area (Å²) >= 11 is 0. The van der Waals surface area contributed by atoms with Crippen molar-refractivity contribution in [2.45, 2.75) is 13.8 Å². The summed E-state index contributed by atoms with van der Waals surface area (Å²) in [6.07, 6.45) is 2.96. The van der Waals surface area contributed by atoms with E-state index < -0.39 is 0 Å². The molecule has 19 heavy (non-hydrogen) atoms. The Bertz CT molecular complexity index is 593. The number of nitrogens with one attached hydrogen (secondary N) is 2. The van der Waals surface area contributed by atoms with E-state index in [1.165, 1.54) is 6.20 Å².